The first-order valence-corrected chi connectivity index (χ1v) is 8.96. The second-order valence-electron chi connectivity index (χ2n) is 5.66. The van der Waals surface area contributed by atoms with Crippen LogP contribution in [0.4, 0.5) is 0 Å². The van der Waals surface area contributed by atoms with Crippen LogP contribution in [0, 0.1) is 0 Å². The quantitative estimate of drug-likeness (QED) is 0.476. The van der Waals surface area contributed by atoms with E-state index in [9.17, 15) is 0 Å². The Balaban J connectivity index is 1.85. The lowest BCUT2D eigenvalue weighted by molar-refractivity contribution is 1.05. The van der Waals surface area contributed by atoms with Crippen LogP contribution in [0.1, 0.15) is 12.5 Å². The normalized spacial score (nSPS) is 11.0. The van der Waals surface area contributed by atoms with Gasteiger partial charge in [-0.15, -0.1) is 0 Å². The molecule has 0 N–H and O–H groups in total. The van der Waals surface area contributed by atoms with E-state index >= 15 is 0 Å². The highest BCUT2D eigenvalue weighted by atomic mass is 32.2. The minimum atomic E-state index is 0.977. The van der Waals surface area contributed by atoms with Crippen LogP contribution in [0.25, 0.3) is 16.9 Å². The number of rotatable bonds is 4. The molecule has 0 aliphatic rings. The molecule has 2 aromatic heterocycles. The van der Waals surface area contributed by atoms with Gasteiger partial charge in [0.05, 0.1) is 0 Å². The standard InChI is InChI=1S/C21H18N2S/c1-2-16-11-13-17(14-12-16)20-21(24-18-8-4-3-5-9-18)23-15-7-6-10-19(23)22-20/h3-15H,2H2,1H3. The summed E-state index contributed by atoms with van der Waals surface area (Å²) in [5, 5.41) is 1.15. The van der Waals surface area contributed by atoms with Crippen LogP contribution in [0.5, 0.6) is 0 Å². The van der Waals surface area contributed by atoms with Gasteiger partial charge in [0.15, 0.2) is 0 Å². The van der Waals surface area contributed by atoms with Gasteiger partial charge < -0.3 is 0 Å². The maximum absolute atomic E-state index is 4.88. The second-order valence-corrected chi connectivity index (χ2v) is 6.72. The molecular formula is C21H18N2S. The molecule has 0 unspecified atom stereocenters. The predicted octanol–water partition coefficient (Wildman–Crippen LogP) is 5.71. The van der Waals surface area contributed by atoms with Crippen LogP contribution in [-0.2, 0) is 6.42 Å². The summed E-state index contributed by atoms with van der Waals surface area (Å²) in [6, 6.07) is 25.3. The molecule has 0 aliphatic heterocycles. The molecule has 4 aromatic rings. The first-order valence-electron chi connectivity index (χ1n) is 8.14. The van der Waals surface area contributed by atoms with E-state index in [-0.39, 0.29) is 0 Å². The summed E-state index contributed by atoms with van der Waals surface area (Å²) in [5.41, 5.74) is 4.53. The lowest BCUT2D eigenvalue weighted by atomic mass is 10.1. The molecule has 2 nitrogen and oxygen atoms in total. The fraction of sp³-hybridized carbons (Fsp3) is 0.0952. The summed E-state index contributed by atoms with van der Waals surface area (Å²) in [6.45, 7) is 2.18. The zero-order chi connectivity index (χ0) is 16.4. The van der Waals surface area contributed by atoms with Crippen LogP contribution >= 0.6 is 11.8 Å². The first kappa shape index (κ1) is 15.0. The van der Waals surface area contributed by atoms with Gasteiger partial charge in [0.2, 0.25) is 0 Å². The van der Waals surface area contributed by atoms with Gasteiger partial charge in [0.25, 0.3) is 0 Å². The average Bonchev–Trinajstić information content (AvgIpc) is 3.01. The molecule has 0 fully saturated rings. The second kappa shape index (κ2) is 6.54. The van der Waals surface area contributed by atoms with Crippen LogP contribution in [0.2, 0.25) is 0 Å². The maximum Gasteiger partial charge on any atom is 0.138 e. The third-order valence-corrected chi connectivity index (χ3v) is 5.17. The number of aromatic nitrogens is 2. The number of pyridine rings is 1. The summed E-state index contributed by atoms with van der Waals surface area (Å²) in [5.74, 6) is 0. The van der Waals surface area contributed by atoms with E-state index in [1.54, 1.807) is 11.8 Å². The summed E-state index contributed by atoms with van der Waals surface area (Å²) in [6.07, 6.45) is 3.13. The van der Waals surface area contributed by atoms with E-state index in [4.69, 9.17) is 4.98 Å². The maximum atomic E-state index is 4.88. The molecule has 0 saturated heterocycles. The van der Waals surface area contributed by atoms with Crippen molar-refractivity contribution in [1.29, 1.82) is 0 Å². The Kier molecular flexibility index (Phi) is 4.09. The number of hydrogen-bond donors (Lipinski definition) is 0. The lowest BCUT2D eigenvalue weighted by Crippen LogP contribution is -1.87. The molecule has 0 radical (unpaired) electrons. The number of aryl methyl sites for hydroxylation is 1. The van der Waals surface area contributed by atoms with Gasteiger partial charge >= 0.3 is 0 Å². The highest BCUT2D eigenvalue weighted by Crippen LogP contribution is 2.36. The van der Waals surface area contributed by atoms with Gasteiger partial charge in [-0.2, -0.15) is 0 Å². The van der Waals surface area contributed by atoms with Gasteiger partial charge in [0.1, 0.15) is 16.4 Å². The highest BCUT2D eigenvalue weighted by molar-refractivity contribution is 7.99. The third kappa shape index (κ3) is 2.83. The van der Waals surface area contributed by atoms with Crippen molar-refractivity contribution in [2.24, 2.45) is 0 Å². The van der Waals surface area contributed by atoms with Crippen molar-refractivity contribution < 1.29 is 0 Å². The average molecular weight is 330 g/mol. The fourth-order valence-electron chi connectivity index (χ4n) is 2.76. The number of nitrogens with zero attached hydrogens (tertiary/aromatic N) is 2. The highest BCUT2D eigenvalue weighted by Gasteiger charge is 2.15. The molecule has 0 bridgehead atoms. The van der Waals surface area contributed by atoms with Crippen molar-refractivity contribution >= 4 is 17.4 Å². The zero-order valence-electron chi connectivity index (χ0n) is 13.5. The molecule has 24 heavy (non-hydrogen) atoms. The SMILES string of the molecule is CCc1ccc(-c2nc3ccccn3c2Sc2ccccc2)cc1. The Bertz CT molecular complexity index is 956. The minimum Gasteiger partial charge on any atom is -0.294 e. The van der Waals surface area contributed by atoms with Crippen LogP contribution < -0.4 is 0 Å². The van der Waals surface area contributed by atoms with Crippen molar-refractivity contribution in [3.05, 3.63) is 84.6 Å². The van der Waals surface area contributed by atoms with Crippen molar-refractivity contribution in [3.63, 3.8) is 0 Å². The molecular weight excluding hydrogens is 312 g/mol. The third-order valence-electron chi connectivity index (χ3n) is 4.08. The predicted molar refractivity (Wildman–Crippen MR) is 101 cm³/mol. The van der Waals surface area contributed by atoms with E-state index in [0.29, 0.717) is 0 Å². The largest absolute Gasteiger partial charge is 0.294 e. The zero-order valence-corrected chi connectivity index (χ0v) is 14.3. The molecule has 0 aliphatic carbocycles. The Labute approximate surface area is 146 Å². The molecule has 2 aromatic carbocycles. The van der Waals surface area contributed by atoms with Crippen LogP contribution in [0.3, 0.4) is 0 Å². The van der Waals surface area contributed by atoms with E-state index in [0.717, 1.165) is 28.4 Å². The molecule has 0 atom stereocenters. The van der Waals surface area contributed by atoms with Gasteiger partial charge in [0, 0.05) is 16.7 Å². The monoisotopic (exact) mass is 330 g/mol. The van der Waals surface area contributed by atoms with E-state index < -0.39 is 0 Å². The fourth-order valence-corrected chi connectivity index (χ4v) is 3.79. The number of fused-ring (bicyclic) bond motifs is 1. The summed E-state index contributed by atoms with van der Waals surface area (Å²) < 4.78 is 2.17. The van der Waals surface area contributed by atoms with Gasteiger partial charge in [-0.3, -0.25) is 4.40 Å². The molecule has 0 amide bonds. The van der Waals surface area contributed by atoms with E-state index in [2.05, 4.69) is 72.1 Å². The summed E-state index contributed by atoms with van der Waals surface area (Å²) in [7, 11) is 0. The van der Waals surface area contributed by atoms with E-state index in [1.807, 2.05) is 18.2 Å². The van der Waals surface area contributed by atoms with Crippen LogP contribution in [0.15, 0.2) is 88.9 Å². The smallest absolute Gasteiger partial charge is 0.138 e. The Morgan fingerprint density at radius 1 is 0.875 bits per heavy atom. The Hall–Kier alpha value is -2.52. The van der Waals surface area contributed by atoms with Gasteiger partial charge in [-0.1, -0.05) is 67.2 Å². The Morgan fingerprint density at radius 3 is 2.38 bits per heavy atom. The lowest BCUT2D eigenvalue weighted by Gasteiger charge is -2.06. The van der Waals surface area contributed by atoms with Crippen LogP contribution in [-0.4, -0.2) is 9.38 Å². The van der Waals surface area contributed by atoms with Crippen molar-refractivity contribution in [3.8, 4) is 11.3 Å². The number of benzene rings is 2. The molecule has 0 spiro atoms. The molecule has 0 saturated carbocycles. The minimum absolute atomic E-state index is 0.977. The number of imidazole rings is 1. The van der Waals surface area contributed by atoms with Gasteiger partial charge in [-0.05, 0) is 36.2 Å². The molecule has 3 heteroatoms. The molecule has 4 rings (SSSR count). The van der Waals surface area contributed by atoms with Gasteiger partial charge in [-0.25, -0.2) is 4.98 Å². The summed E-state index contributed by atoms with van der Waals surface area (Å²) in [4.78, 5) is 6.09. The first-order chi connectivity index (χ1) is 11.8. The number of hydrogen-bond acceptors (Lipinski definition) is 2. The summed E-state index contributed by atoms with van der Waals surface area (Å²) >= 11 is 1.76. The van der Waals surface area contributed by atoms with Crippen molar-refractivity contribution in [2.75, 3.05) is 0 Å². The van der Waals surface area contributed by atoms with Crippen molar-refractivity contribution in [1.82, 2.24) is 9.38 Å². The topological polar surface area (TPSA) is 17.3 Å². The van der Waals surface area contributed by atoms with E-state index in [1.165, 1.54) is 10.5 Å². The van der Waals surface area contributed by atoms with Crippen molar-refractivity contribution in [2.45, 2.75) is 23.3 Å². The molecule has 2 heterocycles. The Morgan fingerprint density at radius 2 is 1.62 bits per heavy atom. The molecule has 118 valence electrons.